The van der Waals surface area contributed by atoms with Crippen molar-refractivity contribution in [1.82, 2.24) is 4.98 Å². The molecule has 2 aromatic rings. The van der Waals surface area contributed by atoms with Crippen LogP contribution in [-0.2, 0) is 16.0 Å². The van der Waals surface area contributed by atoms with E-state index in [9.17, 15) is 14.4 Å². The van der Waals surface area contributed by atoms with Crippen LogP contribution in [0, 0.1) is 5.92 Å². The number of H-pyrrole nitrogens is 1. The molecule has 0 bridgehead atoms. The third kappa shape index (κ3) is 3.40. The van der Waals surface area contributed by atoms with Gasteiger partial charge in [-0.1, -0.05) is 18.2 Å². The molecule has 1 aromatic heterocycles. The minimum atomic E-state index is -0.585. The minimum absolute atomic E-state index is 0.0365. The molecule has 25 heavy (non-hydrogen) atoms. The van der Waals surface area contributed by atoms with Crippen LogP contribution in [0.2, 0.25) is 0 Å². The molecule has 0 aliphatic carbocycles. The van der Waals surface area contributed by atoms with Crippen LogP contribution in [0.1, 0.15) is 15.9 Å². The van der Waals surface area contributed by atoms with Crippen molar-refractivity contribution in [1.29, 1.82) is 0 Å². The first-order valence-electron chi connectivity index (χ1n) is 7.90. The Bertz CT molecular complexity index is 875. The van der Waals surface area contributed by atoms with Gasteiger partial charge in [-0.05, 0) is 24.1 Å². The van der Waals surface area contributed by atoms with Crippen molar-refractivity contribution in [3.63, 3.8) is 0 Å². The molecule has 1 aromatic carbocycles. The average Bonchev–Trinajstić information content (AvgIpc) is 2.62. The van der Waals surface area contributed by atoms with Gasteiger partial charge in [0.05, 0.1) is 18.6 Å². The first kappa shape index (κ1) is 16.8. The molecule has 0 spiro atoms. The predicted octanol–water partition coefficient (Wildman–Crippen LogP) is 1.41. The Morgan fingerprint density at radius 1 is 1.32 bits per heavy atom. The van der Waals surface area contributed by atoms with Crippen LogP contribution >= 0.6 is 0 Å². The number of carbonyl (C=O) groups excluding carboxylic acids is 2. The van der Waals surface area contributed by atoms with Crippen molar-refractivity contribution in [2.75, 3.05) is 30.9 Å². The molecular formula is C18H19N3O4. The number of fused-ring (bicyclic) bond motifs is 1. The van der Waals surface area contributed by atoms with Crippen LogP contribution in [0.3, 0.4) is 0 Å². The summed E-state index contributed by atoms with van der Waals surface area (Å²) in [6.07, 6.45) is 1.86. The number of pyridine rings is 1. The zero-order valence-corrected chi connectivity index (χ0v) is 14.0. The van der Waals surface area contributed by atoms with Crippen LogP contribution < -0.4 is 15.8 Å². The predicted molar refractivity (Wildman–Crippen MR) is 93.9 cm³/mol. The van der Waals surface area contributed by atoms with Gasteiger partial charge in [-0.25, -0.2) is 4.79 Å². The van der Waals surface area contributed by atoms with E-state index in [1.807, 2.05) is 36.2 Å². The number of anilines is 2. The number of benzene rings is 1. The number of amides is 1. The topological polar surface area (TPSA) is 91.5 Å². The molecule has 130 valence electrons. The monoisotopic (exact) mass is 341 g/mol. The molecule has 0 radical (unpaired) electrons. The van der Waals surface area contributed by atoms with Crippen molar-refractivity contribution in [3.8, 4) is 0 Å². The lowest BCUT2D eigenvalue weighted by Crippen LogP contribution is -2.39. The van der Waals surface area contributed by atoms with Gasteiger partial charge in [-0.2, -0.15) is 0 Å². The van der Waals surface area contributed by atoms with Gasteiger partial charge in [-0.15, -0.1) is 0 Å². The molecular weight excluding hydrogens is 322 g/mol. The van der Waals surface area contributed by atoms with E-state index in [1.54, 1.807) is 0 Å². The van der Waals surface area contributed by atoms with Crippen molar-refractivity contribution in [2.24, 2.45) is 5.92 Å². The van der Waals surface area contributed by atoms with E-state index in [-0.39, 0.29) is 23.1 Å². The highest BCUT2D eigenvalue weighted by Gasteiger charge is 2.28. The lowest BCUT2D eigenvalue weighted by Gasteiger charge is -2.32. The zero-order chi connectivity index (χ0) is 18.0. The number of nitrogens with one attached hydrogen (secondary N) is 2. The number of hydrogen-bond donors (Lipinski definition) is 2. The van der Waals surface area contributed by atoms with E-state index < -0.39 is 11.5 Å². The lowest BCUT2D eigenvalue weighted by molar-refractivity contribution is -0.119. The van der Waals surface area contributed by atoms with Crippen molar-refractivity contribution in [2.45, 2.75) is 6.42 Å². The molecule has 2 heterocycles. The van der Waals surface area contributed by atoms with Crippen LogP contribution in [-0.4, -0.2) is 37.6 Å². The van der Waals surface area contributed by atoms with Gasteiger partial charge in [0.15, 0.2) is 0 Å². The minimum Gasteiger partial charge on any atom is -0.465 e. The molecule has 0 saturated heterocycles. The quantitative estimate of drug-likeness (QED) is 0.824. The number of methoxy groups -OCH3 is 1. The standard InChI is InChI=1S/C18H19N3O4/c1-21-10-13(7-11-5-3-4-6-15(11)21)16(22)20-14-8-12(18(24)25-2)9-19-17(14)23/h3-6,8-9,13H,7,10H2,1-2H3,(H,19,23)(H,20,22). The maximum atomic E-state index is 12.6. The van der Waals surface area contributed by atoms with E-state index >= 15 is 0 Å². The van der Waals surface area contributed by atoms with Gasteiger partial charge in [0, 0.05) is 25.5 Å². The molecule has 2 N–H and O–H groups in total. The Balaban J connectivity index is 1.79. The van der Waals surface area contributed by atoms with Gasteiger partial charge in [-0.3, -0.25) is 9.59 Å². The van der Waals surface area contributed by atoms with Crippen molar-refractivity contribution >= 4 is 23.3 Å². The molecule has 3 rings (SSSR count). The summed E-state index contributed by atoms with van der Waals surface area (Å²) in [5.41, 5.74) is 1.94. The zero-order valence-electron chi connectivity index (χ0n) is 14.0. The number of para-hydroxylation sites is 1. The normalized spacial score (nSPS) is 16.1. The SMILES string of the molecule is COC(=O)c1c[nH]c(=O)c(NC(=O)C2Cc3ccccc3N(C)C2)c1. The summed E-state index contributed by atoms with van der Waals surface area (Å²) >= 11 is 0. The molecule has 1 aliphatic heterocycles. The molecule has 7 nitrogen and oxygen atoms in total. The number of aromatic amines is 1. The second-order valence-electron chi connectivity index (χ2n) is 6.02. The van der Waals surface area contributed by atoms with E-state index in [4.69, 9.17) is 0 Å². The van der Waals surface area contributed by atoms with Gasteiger partial charge in [0.1, 0.15) is 5.69 Å². The van der Waals surface area contributed by atoms with Crippen LogP contribution in [0.15, 0.2) is 41.3 Å². The Labute approximate surface area is 144 Å². The molecule has 7 heteroatoms. The Kier molecular flexibility index (Phi) is 4.56. The van der Waals surface area contributed by atoms with Gasteiger partial charge in [0.25, 0.3) is 5.56 Å². The Morgan fingerprint density at radius 2 is 2.08 bits per heavy atom. The largest absolute Gasteiger partial charge is 0.465 e. The summed E-state index contributed by atoms with van der Waals surface area (Å²) in [5, 5.41) is 2.63. The molecule has 1 amide bonds. The summed E-state index contributed by atoms with van der Waals surface area (Å²) in [7, 11) is 3.18. The number of nitrogens with zero attached hydrogens (tertiary/aromatic N) is 1. The highest BCUT2D eigenvalue weighted by molar-refractivity contribution is 5.95. The van der Waals surface area contributed by atoms with Crippen LogP contribution in [0.25, 0.3) is 0 Å². The lowest BCUT2D eigenvalue weighted by atomic mass is 9.92. The van der Waals surface area contributed by atoms with Gasteiger partial charge in [0.2, 0.25) is 5.91 Å². The van der Waals surface area contributed by atoms with E-state index in [2.05, 4.69) is 15.0 Å². The highest BCUT2D eigenvalue weighted by atomic mass is 16.5. The van der Waals surface area contributed by atoms with Gasteiger partial charge < -0.3 is 19.9 Å². The summed E-state index contributed by atoms with van der Waals surface area (Å²) in [6.45, 7) is 0.553. The Morgan fingerprint density at radius 3 is 2.84 bits per heavy atom. The maximum Gasteiger partial charge on any atom is 0.339 e. The number of ether oxygens (including phenoxy) is 1. The highest BCUT2D eigenvalue weighted by Crippen LogP contribution is 2.28. The number of rotatable bonds is 3. The summed E-state index contributed by atoms with van der Waals surface area (Å²) in [5.74, 6) is -1.13. The number of aromatic nitrogens is 1. The average molecular weight is 341 g/mol. The second-order valence-corrected chi connectivity index (χ2v) is 6.02. The van der Waals surface area contributed by atoms with E-state index in [0.717, 1.165) is 11.3 Å². The first-order valence-corrected chi connectivity index (χ1v) is 7.90. The third-order valence-electron chi connectivity index (χ3n) is 4.32. The van der Waals surface area contributed by atoms with E-state index in [1.165, 1.54) is 19.4 Å². The van der Waals surface area contributed by atoms with Crippen molar-refractivity contribution < 1.29 is 14.3 Å². The fourth-order valence-electron chi connectivity index (χ4n) is 3.04. The summed E-state index contributed by atoms with van der Waals surface area (Å²) in [6, 6.07) is 9.25. The number of carbonyl (C=O) groups is 2. The summed E-state index contributed by atoms with van der Waals surface area (Å²) < 4.78 is 4.63. The number of hydrogen-bond acceptors (Lipinski definition) is 5. The third-order valence-corrected chi connectivity index (χ3v) is 4.32. The maximum absolute atomic E-state index is 12.6. The molecule has 1 unspecified atom stereocenters. The fraction of sp³-hybridized carbons (Fsp3) is 0.278. The van der Waals surface area contributed by atoms with Crippen LogP contribution in [0.4, 0.5) is 11.4 Å². The van der Waals surface area contributed by atoms with Crippen molar-refractivity contribution in [3.05, 3.63) is 58.0 Å². The molecule has 1 atom stereocenters. The second kappa shape index (κ2) is 6.80. The molecule has 1 aliphatic rings. The smallest absolute Gasteiger partial charge is 0.339 e. The number of esters is 1. The van der Waals surface area contributed by atoms with E-state index in [0.29, 0.717) is 13.0 Å². The molecule has 0 fully saturated rings. The first-order chi connectivity index (χ1) is 12.0. The van der Waals surface area contributed by atoms with Crippen LogP contribution in [0.5, 0.6) is 0 Å². The Hall–Kier alpha value is -3.09. The van der Waals surface area contributed by atoms with Gasteiger partial charge >= 0.3 is 5.97 Å². The fourth-order valence-corrected chi connectivity index (χ4v) is 3.04. The molecule has 0 saturated carbocycles. The summed E-state index contributed by atoms with van der Waals surface area (Å²) in [4.78, 5) is 40.6.